The molecule has 7 heteroatoms. The quantitative estimate of drug-likeness (QED) is 0.490. The van der Waals surface area contributed by atoms with Crippen LogP contribution in [0.5, 0.6) is 5.75 Å². The maximum atomic E-state index is 14.0. The van der Waals surface area contributed by atoms with E-state index in [9.17, 15) is 22.7 Å². The van der Waals surface area contributed by atoms with Crippen molar-refractivity contribution in [1.82, 2.24) is 4.98 Å². The average Bonchev–Trinajstić information content (AvgIpc) is 3.01. The van der Waals surface area contributed by atoms with Gasteiger partial charge in [-0.2, -0.15) is 13.2 Å². The number of hydrogen-bond donors (Lipinski definition) is 2. The summed E-state index contributed by atoms with van der Waals surface area (Å²) in [6.07, 6.45) is -6.21. The van der Waals surface area contributed by atoms with Gasteiger partial charge >= 0.3 is 6.18 Å². The number of fused-ring (bicyclic) bond motifs is 1. The number of aromatic amines is 1. The lowest BCUT2D eigenvalue weighted by molar-refractivity contribution is -0.266. The highest BCUT2D eigenvalue weighted by atomic mass is 19.4. The molecule has 3 nitrogen and oxygen atoms in total. The molecular weight excluding hydrogens is 398 g/mol. The van der Waals surface area contributed by atoms with Crippen molar-refractivity contribution in [3.05, 3.63) is 65.1 Å². The van der Waals surface area contributed by atoms with Crippen LogP contribution in [0.15, 0.2) is 42.5 Å². The number of ether oxygens (including phenoxy) is 1. The summed E-state index contributed by atoms with van der Waals surface area (Å²) in [7, 11) is 1.37. The molecule has 2 N–H and O–H groups in total. The number of benzene rings is 2. The first kappa shape index (κ1) is 22.2. The van der Waals surface area contributed by atoms with Gasteiger partial charge in [-0.25, -0.2) is 4.39 Å². The molecule has 0 amide bonds. The maximum Gasteiger partial charge on any atom is 0.417 e. The summed E-state index contributed by atoms with van der Waals surface area (Å²) >= 11 is 0. The lowest BCUT2D eigenvalue weighted by Crippen LogP contribution is -2.51. The molecule has 162 valence electrons. The highest BCUT2D eigenvalue weighted by Gasteiger charge is 2.56. The standard InChI is InChI=1S/C23H25F4NO2/c1-14-5-6-15-10-17(28-19(15)9-14)12-22(29,23(25,26)27)13-21(2,3)18-11-16(24)7-8-20(18)30-4/h5-11,28-29H,12-13H2,1-4H3. The molecule has 0 aliphatic heterocycles. The van der Waals surface area contributed by atoms with E-state index in [1.165, 1.54) is 33.1 Å². The molecule has 0 aliphatic rings. The Morgan fingerprint density at radius 1 is 1.03 bits per heavy atom. The van der Waals surface area contributed by atoms with Crippen LogP contribution in [-0.2, 0) is 11.8 Å². The number of aliphatic hydroxyl groups is 1. The van der Waals surface area contributed by atoms with Crippen molar-refractivity contribution in [3.63, 3.8) is 0 Å². The van der Waals surface area contributed by atoms with Gasteiger partial charge in [-0.15, -0.1) is 0 Å². The summed E-state index contributed by atoms with van der Waals surface area (Å²) < 4.78 is 61.2. The Morgan fingerprint density at radius 2 is 1.73 bits per heavy atom. The van der Waals surface area contributed by atoms with Crippen LogP contribution >= 0.6 is 0 Å². The van der Waals surface area contributed by atoms with Crippen LogP contribution in [0.25, 0.3) is 10.9 Å². The van der Waals surface area contributed by atoms with Crippen molar-refractivity contribution in [2.45, 2.75) is 50.8 Å². The lowest BCUT2D eigenvalue weighted by atomic mass is 9.73. The van der Waals surface area contributed by atoms with Gasteiger partial charge in [0, 0.05) is 23.2 Å². The fraction of sp³-hybridized carbons (Fsp3) is 0.391. The van der Waals surface area contributed by atoms with E-state index in [4.69, 9.17) is 4.74 Å². The van der Waals surface area contributed by atoms with Crippen molar-refractivity contribution in [2.75, 3.05) is 7.11 Å². The number of methoxy groups -OCH3 is 1. The van der Waals surface area contributed by atoms with Gasteiger partial charge in [0.25, 0.3) is 0 Å². The molecule has 0 aliphatic carbocycles. The number of alkyl halides is 3. The van der Waals surface area contributed by atoms with Gasteiger partial charge in [-0.05, 0) is 60.0 Å². The predicted octanol–water partition coefficient (Wildman–Crippen LogP) is 5.83. The molecule has 30 heavy (non-hydrogen) atoms. The minimum atomic E-state index is -4.89. The average molecular weight is 423 g/mol. The van der Waals surface area contributed by atoms with Crippen LogP contribution in [0, 0.1) is 12.7 Å². The second-order valence-corrected chi connectivity index (χ2v) is 8.50. The van der Waals surface area contributed by atoms with E-state index in [-0.39, 0.29) is 17.0 Å². The molecule has 0 radical (unpaired) electrons. The van der Waals surface area contributed by atoms with E-state index in [0.717, 1.165) is 17.0 Å². The third-order valence-corrected chi connectivity index (χ3v) is 5.47. The zero-order valence-electron chi connectivity index (χ0n) is 17.3. The van der Waals surface area contributed by atoms with Gasteiger partial charge in [0.15, 0.2) is 5.60 Å². The fourth-order valence-electron chi connectivity index (χ4n) is 4.01. The molecule has 0 bridgehead atoms. The largest absolute Gasteiger partial charge is 0.496 e. The summed E-state index contributed by atoms with van der Waals surface area (Å²) in [5.74, 6) is -0.313. The Bertz CT molecular complexity index is 1060. The summed E-state index contributed by atoms with van der Waals surface area (Å²) in [6.45, 7) is 4.96. The Morgan fingerprint density at radius 3 is 2.37 bits per heavy atom. The van der Waals surface area contributed by atoms with Crippen LogP contribution in [0.4, 0.5) is 17.6 Å². The third kappa shape index (κ3) is 4.31. The number of rotatable bonds is 6. The van der Waals surface area contributed by atoms with Crippen molar-refractivity contribution in [3.8, 4) is 5.75 Å². The molecule has 2 aromatic carbocycles. The number of nitrogens with one attached hydrogen (secondary N) is 1. The highest BCUT2D eigenvalue weighted by Crippen LogP contribution is 2.45. The van der Waals surface area contributed by atoms with E-state index in [2.05, 4.69) is 4.98 Å². The van der Waals surface area contributed by atoms with Crippen molar-refractivity contribution >= 4 is 10.9 Å². The first-order valence-electron chi connectivity index (χ1n) is 9.56. The molecule has 1 heterocycles. The molecule has 1 aromatic heterocycles. The van der Waals surface area contributed by atoms with E-state index >= 15 is 0 Å². The van der Waals surface area contributed by atoms with E-state index < -0.39 is 35.9 Å². The minimum Gasteiger partial charge on any atom is -0.496 e. The Balaban J connectivity index is 1.99. The van der Waals surface area contributed by atoms with E-state index in [0.29, 0.717) is 5.52 Å². The zero-order chi connectivity index (χ0) is 22.3. The van der Waals surface area contributed by atoms with Gasteiger partial charge in [-0.3, -0.25) is 0 Å². The molecule has 0 spiro atoms. The van der Waals surface area contributed by atoms with Gasteiger partial charge in [0.1, 0.15) is 11.6 Å². The number of aryl methyl sites for hydroxylation is 1. The van der Waals surface area contributed by atoms with Crippen LogP contribution in [0.3, 0.4) is 0 Å². The smallest absolute Gasteiger partial charge is 0.417 e. The van der Waals surface area contributed by atoms with Crippen LogP contribution in [0.2, 0.25) is 0 Å². The van der Waals surface area contributed by atoms with E-state index in [1.807, 2.05) is 25.1 Å². The molecule has 0 saturated carbocycles. The topological polar surface area (TPSA) is 45.2 Å². The molecular formula is C23H25F4NO2. The zero-order valence-corrected chi connectivity index (χ0v) is 17.3. The Labute approximate surface area is 172 Å². The number of hydrogen-bond acceptors (Lipinski definition) is 2. The molecule has 3 rings (SSSR count). The lowest BCUT2D eigenvalue weighted by Gasteiger charge is -2.38. The van der Waals surface area contributed by atoms with E-state index in [1.54, 1.807) is 6.07 Å². The van der Waals surface area contributed by atoms with Gasteiger partial charge in [0.05, 0.1) is 7.11 Å². The number of H-pyrrole nitrogens is 1. The summed E-state index contributed by atoms with van der Waals surface area (Å²) in [6, 6.07) is 10.9. The molecule has 1 unspecified atom stereocenters. The summed E-state index contributed by atoms with van der Waals surface area (Å²) in [5.41, 5.74) is -2.02. The van der Waals surface area contributed by atoms with Crippen LogP contribution in [0.1, 0.15) is 37.1 Å². The second kappa shape index (κ2) is 7.61. The first-order chi connectivity index (χ1) is 13.8. The SMILES string of the molecule is COc1ccc(F)cc1C(C)(C)CC(O)(Cc1cc2ccc(C)cc2[nH]1)C(F)(F)F. The molecule has 3 aromatic rings. The van der Waals surface area contributed by atoms with Crippen molar-refractivity contribution < 1.29 is 27.4 Å². The molecule has 0 fully saturated rings. The highest BCUT2D eigenvalue weighted by molar-refractivity contribution is 5.81. The van der Waals surface area contributed by atoms with Gasteiger partial charge < -0.3 is 14.8 Å². The second-order valence-electron chi connectivity index (χ2n) is 8.50. The van der Waals surface area contributed by atoms with Crippen LogP contribution in [-0.4, -0.2) is 29.0 Å². The number of halogens is 4. The number of aromatic nitrogens is 1. The first-order valence-corrected chi connectivity index (χ1v) is 9.56. The predicted molar refractivity (Wildman–Crippen MR) is 108 cm³/mol. The molecule has 1 atom stereocenters. The summed E-state index contributed by atoms with van der Waals surface area (Å²) in [5, 5.41) is 11.6. The molecule has 0 saturated heterocycles. The van der Waals surface area contributed by atoms with Crippen LogP contribution < -0.4 is 4.74 Å². The van der Waals surface area contributed by atoms with Gasteiger partial charge in [-0.1, -0.05) is 26.0 Å². The third-order valence-electron chi connectivity index (χ3n) is 5.47. The van der Waals surface area contributed by atoms with Crippen molar-refractivity contribution in [1.29, 1.82) is 0 Å². The Kier molecular flexibility index (Phi) is 5.62. The Hall–Kier alpha value is -2.54. The minimum absolute atomic E-state index is 0.264. The maximum absolute atomic E-state index is 14.0. The monoisotopic (exact) mass is 423 g/mol. The summed E-state index contributed by atoms with van der Waals surface area (Å²) in [4.78, 5) is 2.98. The van der Waals surface area contributed by atoms with Gasteiger partial charge in [0.2, 0.25) is 0 Å². The normalized spacial score (nSPS) is 14.7. The van der Waals surface area contributed by atoms with Crippen molar-refractivity contribution in [2.24, 2.45) is 0 Å². The fourth-order valence-corrected chi connectivity index (χ4v) is 4.01.